The maximum Gasteiger partial charge on any atom is 0.126 e. The summed E-state index contributed by atoms with van der Waals surface area (Å²) in [7, 11) is 1.49. The van der Waals surface area contributed by atoms with Crippen molar-refractivity contribution in [2.75, 3.05) is 20.3 Å². The molecule has 0 aromatic heterocycles. The molecule has 0 amide bonds. The van der Waals surface area contributed by atoms with Crippen molar-refractivity contribution in [1.82, 2.24) is 5.32 Å². The lowest BCUT2D eigenvalue weighted by atomic mass is 10.1. The van der Waals surface area contributed by atoms with Gasteiger partial charge in [-0.15, -0.1) is 0 Å². The molecule has 17 heavy (non-hydrogen) atoms. The highest BCUT2D eigenvalue weighted by Crippen LogP contribution is 2.15. The van der Waals surface area contributed by atoms with Crippen LogP contribution in [0.25, 0.3) is 0 Å². The fraction of sp³-hybridized carbons (Fsp3) is 0.500. The number of hydrogen-bond donors (Lipinski definition) is 2. The van der Waals surface area contributed by atoms with Gasteiger partial charge in [-0.25, -0.2) is 8.78 Å². The van der Waals surface area contributed by atoms with E-state index in [0.717, 1.165) is 6.07 Å². The monoisotopic (exact) mass is 245 g/mol. The van der Waals surface area contributed by atoms with E-state index in [4.69, 9.17) is 4.74 Å². The number of rotatable bonds is 6. The first-order valence-electron chi connectivity index (χ1n) is 5.39. The second kappa shape index (κ2) is 6.64. The highest BCUT2D eigenvalue weighted by molar-refractivity contribution is 5.20. The zero-order chi connectivity index (χ0) is 12.8. The Labute approximate surface area is 99.4 Å². The Bertz CT molecular complexity index is 340. The minimum absolute atomic E-state index is 0.219. The maximum atomic E-state index is 13.0. The predicted molar refractivity (Wildman–Crippen MR) is 60.7 cm³/mol. The topological polar surface area (TPSA) is 41.5 Å². The average molecular weight is 245 g/mol. The summed E-state index contributed by atoms with van der Waals surface area (Å²) in [5, 5.41) is 12.4. The molecule has 2 unspecified atom stereocenters. The van der Waals surface area contributed by atoms with Crippen molar-refractivity contribution >= 4 is 0 Å². The molecule has 0 saturated carbocycles. The normalized spacial score (nSPS) is 14.6. The van der Waals surface area contributed by atoms with Crippen molar-refractivity contribution in [3.63, 3.8) is 0 Å². The first kappa shape index (κ1) is 14.0. The predicted octanol–water partition coefficient (Wildman–Crippen LogP) is 1.62. The smallest absolute Gasteiger partial charge is 0.126 e. The fourth-order valence-electron chi connectivity index (χ4n) is 1.51. The number of halogens is 2. The summed E-state index contributed by atoms with van der Waals surface area (Å²) >= 11 is 0. The molecule has 2 atom stereocenters. The van der Waals surface area contributed by atoms with Crippen LogP contribution in [0.3, 0.4) is 0 Å². The van der Waals surface area contributed by atoms with E-state index in [1.807, 2.05) is 0 Å². The largest absolute Gasteiger partial charge is 0.389 e. The van der Waals surface area contributed by atoms with Gasteiger partial charge in [-0.1, -0.05) is 0 Å². The molecule has 0 radical (unpaired) electrons. The fourth-order valence-corrected chi connectivity index (χ4v) is 1.51. The van der Waals surface area contributed by atoms with Crippen LogP contribution in [0.15, 0.2) is 18.2 Å². The summed E-state index contributed by atoms with van der Waals surface area (Å²) in [6.07, 6.45) is -0.638. The van der Waals surface area contributed by atoms with Crippen molar-refractivity contribution in [3.8, 4) is 0 Å². The molecule has 0 heterocycles. The van der Waals surface area contributed by atoms with Crippen LogP contribution in [0.1, 0.15) is 18.5 Å². The molecule has 1 rings (SSSR count). The Kier molecular flexibility index (Phi) is 5.47. The number of nitrogens with one attached hydrogen (secondary N) is 1. The molecule has 0 saturated heterocycles. The molecule has 0 spiro atoms. The Morgan fingerprint density at radius 3 is 2.41 bits per heavy atom. The van der Waals surface area contributed by atoms with Gasteiger partial charge in [0.1, 0.15) is 11.6 Å². The molecule has 0 fully saturated rings. The van der Waals surface area contributed by atoms with E-state index >= 15 is 0 Å². The van der Waals surface area contributed by atoms with E-state index in [2.05, 4.69) is 5.32 Å². The molecule has 0 aliphatic rings. The van der Waals surface area contributed by atoms with Gasteiger partial charge in [-0.3, -0.25) is 0 Å². The van der Waals surface area contributed by atoms with Crippen molar-refractivity contribution < 1.29 is 18.6 Å². The van der Waals surface area contributed by atoms with Gasteiger partial charge in [0, 0.05) is 25.8 Å². The second-order valence-electron chi connectivity index (χ2n) is 3.94. The van der Waals surface area contributed by atoms with Gasteiger partial charge < -0.3 is 15.2 Å². The SMILES string of the molecule is COCC(O)CNC(C)c1cc(F)cc(F)c1. The lowest BCUT2D eigenvalue weighted by molar-refractivity contribution is 0.0630. The first-order valence-corrected chi connectivity index (χ1v) is 5.39. The van der Waals surface area contributed by atoms with Crippen LogP contribution >= 0.6 is 0 Å². The van der Waals surface area contributed by atoms with Crippen LogP contribution in [0.4, 0.5) is 8.78 Å². The molecule has 1 aromatic carbocycles. The Morgan fingerprint density at radius 2 is 1.88 bits per heavy atom. The molecular weight excluding hydrogens is 228 g/mol. The highest BCUT2D eigenvalue weighted by atomic mass is 19.1. The van der Waals surface area contributed by atoms with Crippen LogP contribution in [0.5, 0.6) is 0 Å². The minimum atomic E-state index is -0.638. The van der Waals surface area contributed by atoms with Gasteiger partial charge in [0.05, 0.1) is 12.7 Å². The third kappa shape index (κ3) is 4.77. The van der Waals surface area contributed by atoms with Gasteiger partial charge in [0.2, 0.25) is 0 Å². The van der Waals surface area contributed by atoms with Crippen molar-refractivity contribution in [3.05, 3.63) is 35.4 Å². The van der Waals surface area contributed by atoms with Gasteiger partial charge >= 0.3 is 0 Å². The third-order valence-electron chi connectivity index (χ3n) is 2.40. The summed E-state index contributed by atoms with van der Waals surface area (Å²) in [6.45, 7) is 2.29. The number of aliphatic hydroxyl groups excluding tert-OH is 1. The van der Waals surface area contributed by atoms with Gasteiger partial charge in [-0.2, -0.15) is 0 Å². The van der Waals surface area contributed by atoms with Crippen molar-refractivity contribution in [1.29, 1.82) is 0 Å². The van der Waals surface area contributed by atoms with Gasteiger partial charge in [-0.05, 0) is 24.6 Å². The molecule has 1 aromatic rings. The molecule has 5 heteroatoms. The number of hydrogen-bond acceptors (Lipinski definition) is 3. The second-order valence-corrected chi connectivity index (χ2v) is 3.94. The summed E-state index contributed by atoms with van der Waals surface area (Å²) in [4.78, 5) is 0. The molecular formula is C12H17F2NO2. The first-order chi connectivity index (χ1) is 8.02. The van der Waals surface area contributed by atoms with Crippen LogP contribution in [-0.2, 0) is 4.74 Å². The van der Waals surface area contributed by atoms with E-state index in [-0.39, 0.29) is 12.6 Å². The van der Waals surface area contributed by atoms with Crippen molar-refractivity contribution in [2.24, 2.45) is 0 Å². The number of aliphatic hydroxyl groups is 1. The van der Waals surface area contributed by atoms with Crippen LogP contribution in [0.2, 0.25) is 0 Å². The number of ether oxygens (including phenoxy) is 1. The van der Waals surface area contributed by atoms with E-state index in [1.54, 1.807) is 6.92 Å². The van der Waals surface area contributed by atoms with E-state index in [0.29, 0.717) is 12.1 Å². The van der Waals surface area contributed by atoms with Crippen LogP contribution in [-0.4, -0.2) is 31.5 Å². The maximum absolute atomic E-state index is 13.0. The number of methoxy groups -OCH3 is 1. The zero-order valence-electron chi connectivity index (χ0n) is 9.91. The lowest BCUT2D eigenvalue weighted by Gasteiger charge is -2.17. The summed E-state index contributed by atoms with van der Waals surface area (Å²) < 4.78 is 30.7. The molecule has 0 aliphatic heterocycles. The zero-order valence-corrected chi connectivity index (χ0v) is 9.91. The number of benzene rings is 1. The average Bonchev–Trinajstić information content (AvgIpc) is 2.25. The van der Waals surface area contributed by atoms with Crippen LogP contribution < -0.4 is 5.32 Å². The van der Waals surface area contributed by atoms with Crippen molar-refractivity contribution in [2.45, 2.75) is 19.1 Å². The van der Waals surface area contributed by atoms with Gasteiger partial charge in [0.25, 0.3) is 0 Å². The summed E-state index contributed by atoms with van der Waals surface area (Å²) in [5.41, 5.74) is 0.507. The Balaban J connectivity index is 2.54. The highest BCUT2D eigenvalue weighted by Gasteiger charge is 2.10. The minimum Gasteiger partial charge on any atom is -0.389 e. The van der Waals surface area contributed by atoms with E-state index in [9.17, 15) is 13.9 Å². The molecule has 96 valence electrons. The van der Waals surface area contributed by atoms with E-state index < -0.39 is 17.7 Å². The Morgan fingerprint density at radius 1 is 1.29 bits per heavy atom. The lowest BCUT2D eigenvalue weighted by Crippen LogP contribution is -2.31. The summed E-state index contributed by atoms with van der Waals surface area (Å²) in [6, 6.07) is 3.12. The molecule has 2 N–H and O–H groups in total. The quantitative estimate of drug-likeness (QED) is 0.800. The Hall–Kier alpha value is -1.04. The standard InChI is InChI=1S/C12H17F2NO2/c1-8(15-6-12(16)7-17-2)9-3-10(13)5-11(14)4-9/h3-5,8,12,15-16H,6-7H2,1-2H3. The summed E-state index contributed by atoms with van der Waals surface area (Å²) in [5.74, 6) is -1.21. The van der Waals surface area contributed by atoms with E-state index in [1.165, 1.54) is 19.2 Å². The van der Waals surface area contributed by atoms with Crippen LogP contribution in [0, 0.1) is 11.6 Å². The molecule has 0 aliphatic carbocycles. The molecule has 0 bridgehead atoms. The third-order valence-corrected chi connectivity index (χ3v) is 2.40. The molecule has 3 nitrogen and oxygen atoms in total. The van der Waals surface area contributed by atoms with Gasteiger partial charge in [0.15, 0.2) is 0 Å².